The second-order valence-corrected chi connectivity index (χ2v) is 2.34. The van der Waals surface area contributed by atoms with Crippen LogP contribution in [0.3, 0.4) is 0 Å². The summed E-state index contributed by atoms with van der Waals surface area (Å²) in [6.07, 6.45) is 0.511. The normalized spacial score (nSPS) is 14.5. The largest absolute Gasteiger partial charge is 0.496 e. The summed E-state index contributed by atoms with van der Waals surface area (Å²) in [5, 5.41) is 0.315. The second kappa shape index (κ2) is 3.39. The zero-order chi connectivity index (χ0) is 10.8. The lowest BCUT2D eigenvalue weighted by Gasteiger charge is -2.01. The molecular formula is C8H7ClO2. The van der Waals surface area contributed by atoms with E-state index in [1.54, 1.807) is 0 Å². The van der Waals surface area contributed by atoms with Crippen molar-refractivity contribution in [1.82, 2.24) is 0 Å². The SMILES string of the molecule is [2H]C([2H])([2H])Oc1cc(Cl)ccc1C=O. The van der Waals surface area contributed by atoms with Gasteiger partial charge in [-0.1, -0.05) is 11.6 Å². The van der Waals surface area contributed by atoms with Gasteiger partial charge in [0.15, 0.2) is 6.29 Å². The van der Waals surface area contributed by atoms with E-state index in [0.29, 0.717) is 11.3 Å². The van der Waals surface area contributed by atoms with Crippen molar-refractivity contribution in [3.63, 3.8) is 0 Å². The highest BCUT2D eigenvalue weighted by atomic mass is 35.5. The number of methoxy groups -OCH3 is 1. The van der Waals surface area contributed by atoms with Crippen LogP contribution in [0.1, 0.15) is 14.5 Å². The quantitative estimate of drug-likeness (QED) is 0.641. The molecule has 0 saturated carbocycles. The van der Waals surface area contributed by atoms with E-state index in [0.717, 1.165) is 0 Å². The van der Waals surface area contributed by atoms with Gasteiger partial charge in [-0.2, -0.15) is 0 Å². The summed E-state index contributed by atoms with van der Waals surface area (Å²) in [4.78, 5) is 10.5. The molecule has 0 saturated heterocycles. The van der Waals surface area contributed by atoms with Crippen molar-refractivity contribution in [2.24, 2.45) is 0 Å². The lowest BCUT2D eigenvalue weighted by Crippen LogP contribution is -1.89. The number of carbonyl (C=O) groups is 1. The van der Waals surface area contributed by atoms with E-state index < -0.39 is 7.04 Å². The summed E-state index contributed by atoms with van der Waals surface area (Å²) in [6.45, 7) is 0. The first-order valence-corrected chi connectivity index (χ1v) is 3.24. The minimum absolute atomic E-state index is 0.0347. The average Bonchev–Trinajstić information content (AvgIpc) is 2.01. The maximum Gasteiger partial charge on any atom is 0.153 e. The lowest BCUT2D eigenvalue weighted by atomic mass is 10.2. The highest BCUT2D eigenvalue weighted by Gasteiger charge is 2.00. The van der Waals surface area contributed by atoms with Crippen LogP contribution >= 0.6 is 11.6 Å². The van der Waals surface area contributed by atoms with E-state index in [2.05, 4.69) is 4.74 Å². The van der Waals surface area contributed by atoms with E-state index in [-0.39, 0.29) is 11.3 Å². The van der Waals surface area contributed by atoms with E-state index in [9.17, 15) is 4.79 Å². The molecule has 0 aliphatic heterocycles. The maximum atomic E-state index is 10.5. The number of carbonyl (C=O) groups excluding carboxylic acids is 1. The lowest BCUT2D eigenvalue weighted by molar-refractivity contribution is 0.112. The fourth-order valence-electron chi connectivity index (χ4n) is 0.694. The summed E-state index contributed by atoms with van der Waals surface area (Å²) >= 11 is 5.62. The first kappa shape index (κ1) is 4.78. The van der Waals surface area contributed by atoms with Gasteiger partial charge in [-0.25, -0.2) is 0 Å². The highest BCUT2D eigenvalue weighted by Crippen LogP contribution is 2.21. The molecule has 0 aromatic heterocycles. The van der Waals surface area contributed by atoms with Crippen LogP contribution in [0.25, 0.3) is 0 Å². The Morgan fingerprint density at radius 3 is 3.18 bits per heavy atom. The van der Waals surface area contributed by atoms with Crippen LogP contribution in [0, 0.1) is 0 Å². The van der Waals surface area contributed by atoms with Crippen molar-refractivity contribution in [3.05, 3.63) is 28.8 Å². The fourth-order valence-corrected chi connectivity index (χ4v) is 0.856. The number of rotatable bonds is 2. The molecule has 0 fully saturated rings. The zero-order valence-corrected chi connectivity index (χ0v) is 6.26. The van der Waals surface area contributed by atoms with Crippen LogP contribution in [0.2, 0.25) is 5.02 Å². The molecule has 0 amide bonds. The van der Waals surface area contributed by atoms with Gasteiger partial charge in [0.05, 0.1) is 16.7 Å². The number of hydrogen-bond acceptors (Lipinski definition) is 2. The van der Waals surface area contributed by atoms with Crippen LogP contribution < -0.4 is 4.74 Å². The minimum atomic E-state index is -2.58. The van der Waals surface area contributed by atoms with Gasteiger partial charge in [0.25, 0.3) is 0 Å². The van der Waals surface area contributed by atoms with Crippen molar-refractivity contribution >= 4 is 17.9 Å². The Balaban J connectivity index is 3.05. The molecule has 0 bridgehead atoms. The first-order valence-electron chi connectivity index (χ1n) is 4.36. The van der Waals surface area contributed by atoms with Crippen LogP contribution in [0.4, 0.5) is 0 Å². The van der Waals surface area contributed by atoms with Crippen molar-refractivity contribution in [2.75, 3.05) is 7.04 Å². The molecule has 0 atom stereocenters. The van der Waals surface area contributed by atoms with Crippen molar-refractivity contribution in [2.45, 2.75) is 0 Å². The van der Waals surface area contributed by atoms with Crippen molar-refractivity contribution < 1.29 is 13.6 Å². The molecule has 0 spiro atoms. The Labute approximate surface area is 74.0 Å². The monoisotopic (exact) mass is 173 g/mol. The first-order chi connectivity index (χ1) is 6.42. The summed E-state index contributed by atoms with van der Waals surface area (Å²) < 4.78 is 25.2. The Morgan fingerprint density at radius 2 is 2.55 bits per heavy atom. The maximum absolute atomic E-state index is 10.5. The van der Waals surface area contributed by atoms with Gasteiger partial charge in [-0.3, -0.25) is 4.79 Å². The van der Waals surface area contributed by atoms with Crippen LogP contribution in [0.15, 0.2) is 18.2 Å². The third-order valence-corrected chi connectivity index (χ3v) is 1.45. The summed E-state index contributed by atoms with van der Waals surface area (Å²) in [6, 6.07) is 4.17. The highest BCUT2D eigenvalue weighted by molar-refractivity contribution is 6.30. The number of aldehydes is 1. The van der Waals surface area contributed by atoms with E-state index in [4.69, 9.17) is 15.7 Å². The summed E-state index contributed by atoms with van der Waals surface area (Å²) in [5.74, 6) is -0.0347. The fraction of sp³-hybridized carbons (Fsp3) is 0.125. The summed E-state index contributed by atoms with van der Waals surface area (Å²) in [5.41, 5.74) is 0.158. The van der Waals surface area contributed by atoms with Crippen LogP contribution in [-0.2, 0) is 0 Å². The van der Waals surface area contributed by atoms with Gasteiger partial charge in [-0.05, 0) is 18.2 Å². The topological polar surface area (TPSA) is 26.3 Å². The zero-order valence-electron chi connectivity index (χ0n) is 8.50. The molecule has 0 N–H and O–H groups in total. The molecule has 11 heavy (non-hydrogen) atoms. The number of halogens is 1. The molecule has 2 nitrogen and oxygen atoms in total. The predicted octanol–water partition coefficient (Wildman–Crippen LogP) is 2.16. The van der Waals surface area contributed by atoms with E-state index >= 15 is 0 Å². The Hall–Kier alpha value is -1.02. The van der Waals surface area contributed by atoms with Crippen LogP contribution in [-0.4, -0.2) is 13.3 Å². The average molecular weight is 174 g/mol. The minimum Gasteiger partial charge on any atom is -0.496 e. The number of benzene rings is 1. The predicted molar refractivity (Wildman–Crippen MR) is 43.4 cm³/mol. The van der Waals surface area contributed by atoms with E-state index in [1.807, 2.05) is 0 Å². The molecule has 1 rings (SSSR count). The molecule has 3 heteroatoms. The molecule has 0 aliphatic carbocycles. The van der Waals surface area contributed by atoms with Gasteiger partial charge in [-0.15, -0.1) is 0 Å². The molecule has 1 aromatic carbocycles. The van der Waals surface area contributed by atoms with Crippen molar-refractivity contribution in [1.29, 1.82) is 0 Å². The van der Waals surface area contributed by atoms with Gasteiger partial charge in [0, 0.05) is 5.02 Å². The second-order valence-electron chi connectivity index (χ2n) is 1.90. The molecule has 0 heterocycles. The Kier molecular flexibility index (Phi) is 1.47. The van der Waals surface area contributed by atoms with Crippen molar-refractivity contribution in [3.8, 4) is 5.75 Å². The number of ether oxygens (including phenoxy) is 1. The number of hydrogen-bond donors (Lipinski definition) is 0. The van der Waals surface area contributed by atoms with Gasteiger partial charge in [0.1, 0.15) is 5.75 Å². The molecule has 0 unspecified atom stereocenters. The van der Waals surface area contributed by atoms with Gasteiger partial charge in [0.2, 0.25) is 0 Å². The molecular weight excluding hydrogens is 164 g/mol. The van der Waals surface area contributed by atoms with Gasteiger partial charge >= 0.3 is 0 Å². The third-order valence-electron chi connectivity index (χ3n) is 1.21. The Bertz CT molecular complexity index is 349. The van der Waals surface area contributed by atoms with Crippen LogP contribution in [0.5, 0.6) is 5.75 Å². The summed E-state index contributed by atoms with van der Waals surface area (Å²) in [7, 11) is -2.58. The van der Waals surface area contributed by atoms with E-state index in [1.165, 1.54) is 18.2 Å². The standard InChI is InChI=1S/C8H7ClO2/c1-11-8-4-7(9)3-2-6(8)5-10/h2-5H,1H3/i1D3. The molecule has 1 aromatic rings. The Morgan fingerprint density at radius 1 is 1.73 bits per heavy atom. The molecule has 58 valence electrons. The molecule has 0 radical (unpaired) electrons. The molecule has 0 aliphatic rings. The third kappa shape index (κ3) is 1.71. The van der Waals surface area contributed by atoms with Gasteiger partial charge < -0.3 is 4.74 Å². The smallest absolute Gasteiger partial charge is 0.153 e.